The molecule has 0 saturated heterocycles. The van der Waals surface area contributed by atoms with Crippen LogP contribution in [0.1, 0.15) is 18.9 Å². The third kappa shape index (κ3) is 5.87. The predicted octanol–water partition coefficient (Wildman–Crippen LogP) is 2.79. The first-order valence-electron chi connectivity index (χ1n) is 6.40. The molecule has 4 nitrogen and oxygen atoms in total. The average Bonchev–Trinajstić information content (AvgIpc) is 2.44. The molecule has 0 spiro atoms. The Bertz CT molecular complexity index is 521. The number of nitrogens with zero attached hydrogens (tertiary/aromatic N) is 1. The Labute approximate surface area is 124 Å². The van der Waals surface area contributed by atoms with Crippen LogP contribution in [-0.4, -0.2) is 25.7 Å². The van der Waals surface area contributed by atoms with Gasteiger partial charge in [-0.3, -0.25) is 4.79 Å². The van der Waals surface area contributed by atoms with Crippen LogP contribution in [0.15, 0.2) is 29.8 Å². The van der Waals surface area contributed by atoms with Crippen molar-refractivity contribution >= 4 is 23.6 Å². The smallest absolute Gasteiger partial charge is 0.261 e. The number of carbonyl (C=O) groups excluding carboxylic acids is 1. The molecular weight excluding hydrogens is 276 g/mol. The Morgan fingerprint density at radius 2 is 2.35 bits per heavy atom. The second-order valence-corrected chi connectivity index (χ2v) is 4.47. The maximum Gasteiger partial charge on any atom is 0.261 e. The fourth-order valence-corrected chi connectivity index (χ4v) is 1.73. The Morgan fingerprint density at radius 1 is 1.55 bits per heavy atom. The number of ether oxygens (including phenoxy) is 1. The van der Waals surface area contributed by atoms with Crippen LogP contribution in [0.2, 0.25) is 5.02 Å². The molecule has 0 aromatic heterocycles. The van der Waals surface area contributed by atoms with Gasteiger partial charge in [0.05, 0.1) is 0 Å². The van der Waals surface area contributed by atoms with Gasteiger partial charge in [0, 0.05) is 24.8 Å². The second kappa shape index (κ2) is 9.13. The van der Waals surface area contributed by atoms with Crippen LogP contribution in [0.5, 0.6) is 0 Å². The lowest BCUT2D eigenvalue weighted by atomic mass is 10.1. The molecule has 5 heteroatoms. The number of benzene rings is 1. The van der Waals surface area contributed by atoms with Gasteiger partial charge in [0.2, 0.25) is 0 Å². The fourth-order valence-electron chi connectivity index (χ4n) is 1.53. The molecule has 1 aromatic rings. The van der Waals surface area contributed by atoms with E-state index in [1.54, 1.807) is 24.3 Å². The number of amides is 1. The normalized spacial score (nSPS) is 10.9. The highest BCUT2D eigenvalue weighted by atomic mass is 35.5. The molecule has 1 aromatic carbocycles. The first-order valence-corrected chi connectivity index (χ1v) is 6.78. The van der Waals surface area contributed by atoms with Crippen molar-refractivity contribution in [3.8, 4) is 6.07 Å². The first-order chi connectivity index (χ1) is 9.67. The summed E-state index contributed by atoms with van der Waals surface area (Å²) in [6.45, 7) is 3.65. The van der Waals surface area contributed by atoms with E-state index in [1.807, 2.05) is 13.0 Å². The summed E-state index contributed by atoms with van der Waals surface area (Å²) in [5, 5.41) is 12.3. The molecule has 0 radical (unpaired) electrons. The quantitative estimate of drug-likeness (QED) is 0.477. The highest BCUT2D eigenvalue weighted by molar-refractivity contribution is 6.30. The summed E-state index contributed by atoms with van der Waals surface area (Å²) >= 11 is 5.86. The molecule has 0 unspecified atom stereocenters. The lowest BCUT2D eigenvalue weighted by molar-refractivity contribution is -0.117. The van der Waals surface area contributed by atoms with E-state index in [4.69, 9.17) is 21.6 Å². The monoisotopic (exact) mass is 292 g/mol. The number of hydrogen-bond acceptors (Lipinski definition) is 3. The van der Waals surface area contributed by atoms with Gasteiger partial charge in [0.1, 0.15) is 11.6 Å². The van der Waals surface area contributed by atoms with Crippen molar-refractivity contribution in [2.45, 2.75) is 13.3 Å². The number of carbonyl (C=O) groups is 1. The van der Waals surface area contributed by atoms with Gasteiger partial charge < -0.3 is 10.1 Å². The van der Waals surface area contributed by atoms with Gasteiger partial charge in [-0.1, -0.05) is 23.7 Å². The maximum atomic E-state index is 11.8. The number of halogens is 1. The molecule has 20 heavy (non-hydrogen) atoms. The molecule has 1 amide bonds. The molecule has 1 rings (SSSR count). The van der Waals surface area contributed by atoms with Gasteiger partial charge >= 0.3 is 0 Å². The summed E-state index contributed by atoms with van der Waals surface area (Å²) < 4.78 is 5.17. The maximum absolute atomic E-state index is 11.8. The Morgan fingerprint density at radius 3 is 3.00 bits per heavy atom. The van der Waals surface area contributed by atoms with E-state index in [0.717, 1.165) is 12.0 Å². The van der Waals surface area contributed by atoms with Crippen LogP contribution in [0.4, 0.5) is 0 Å². The standard InChI is InChI=1S/C15H17ClN2O2/c1-2-20-8-4-7-18-15(19)13(11-17)9-12-5-3-6-14(16)10-12/h3,5-6,9-10H,2,4,7-8H2,1H3,(H,18,19)/b13-9+. The van der Waals surface area contributed by atoms with Gasteiger partial charge in [-0.15, -0.1) is 0 Å². The van der Waals surface area contributed by atoms with Crippen molar-refractivity contribution < 1.29 is 9.53 Å². The zero-order chi connectivity index (χ0) is 14.8. The molecule has 106 valence electrons. The van der Waals surface area contributed by atoms with Crippen LogP contribution in [0.3, 0.4) is 0 Å². The third-order valence-electron chi connectivity index (χ3n) is 2.48. The van der Waals surface area contributed by atoms with Crippen LogP contribution in [-0.2, 0) is 9.53 Å². The van der Waals surface area contributed by atoms with Gasteiger partial charge in [-0.2, -0.15) is 5.26 Å². The van der Waals surface area contributed by atoms with Gasteiger partial charge in [0.25, 0.3) is 5.91 Å². The highest BCUT2D eigenvalue weighted by Crippen LogP contribution is 2.13. The summed E-state index contributed by atoms with van der Waals surface area (Å²) in [7, 11) is 0. The average molecular weight is 293 g/mol. The molecule has 0 aliphatic carbocycles. The van der Waals surface area contributed by atoms with Crippen molar-refractivity contribution in [2.24, 2.45) is 0 Å². The van der Waals surface area contributed by atoms with E-state index < -0.39 is 0 Å². The summed E-state index contributed by atoms with van der Waals surface area (Å²) in [6, 6.07) is 8.88. The minimum Gasteiger partial charge on any atom is -0.382 e. The SMILES string of the molecule is CCOCCCNC(=O)/C(C#N)=C/c1cccc(Cl)c1. The molecule has 1 N–H and O–H groups in total. The summed E-state index contributed by atoms with van der Waals surface area (Å²) in [4.78, 5) is 11.8. The molecule has 0 aliphatic heterocycles. The van der Waals surface area contributed by atoms with Gasteiger partial charge in [0.15, 0.2) is 0 Å². The van der Waals surface area contributed by atoms with E-state index >= 15 is 0 Å². The molecule has 0 fully saturated rings. The molecule has 0 heterocycles. The zero-order valence-corrected chi connectivity index (χ0v) is 12.1. The van der Waals surface area contributed by atoms with Gasteiger partial charge in [-0.05, 0) is 37.1 Å². The number of nitriles is 1. The first kappa shape index (κ1) is 16.2. The Hall–Kier alpha value is -1.83. The van der Waals surface area contributed by atoms with Crippen molar-refractivity contribution in [3.05, 3.63) is 40.4 Å². The molecule has 0 bridgehead atoms. The minimum atomic E-state index is -0.385. The predicted molar refractivity (Wildman–Crippen MR) is 79.2 cm³/mol. The van der Waals surface area contributed by atoms with Crippen LogP contribution < -0.4 is 5.32 Å². The molecule has 0 atom stereocenters. The van der Waals surface area contributed by atoms with E-state index in [-0.39, 0.29) is 11.5 Å². The Kier molecular flexibility index (Phi) is 7.41. The number of nitrogens with one attached hydrogen (secondary N) is 1. The molecular formula is C15H17ClN2O2. The summed E-state index contributed by atoms with van der Waals surface area (Å²) in [6.07, 6.45) is 2.24. The number of rotatable bonds is 7. The highest BCUT2D eigenvalue weighted by Gasteiger charge is 2.08. The van der Waals surface area contributed by atoms with Crippen LogP contribution >= 0.6 is 11.6 Å². The number of hydrogen-bond donors (Lipinski definition) is 1. The van der Waals surface area contributed by atoms with Crippen molar-refractivity contribution in [1.29, 1.82) is 5.26 Å². The van der Waals surface area contributed by atoms with E-state index in [0.29, 0.717) is 24.8 Å². The fraction of sp³-hybridized carbons (Fsp3) is 0.333. The van der Waals surface area contributed by atoms with Gasteiger partial charge in [-0.25, -0.2) is 0 Å². The van der Waals surface area contributed by atoms with Crippen molar-refractivity contribution in [1.82, 2.24) is 5.32 Å². The minimum absolute atomic E-state index is 0.0590. The van der Waals surface area contributed by atoms with E-state index in [2.05, 4.69) is 5.32 Å². The van der Waals surface area contributed by atoms with E-state index in [1.165, 1.54) is 6.08 Å². The Balaban J connectivity index is 2.57. The molecule has 0 aliphatic rings. The lowest BCUT2D eigenvalue weighted by Gasteiger charge is -2.04. The van der Waals surface area contributed by atoms with E-state index in [9.17, 15) is 4.79 Å². The van der Waals surface area contributed by atoms with Crippen LogP contribution in [0.25, 0.3) is 6.08 Å². The third-order valence-corrected chi connectivity index (χ3v) is 2.71. The zero-order valence-electron chi connectivity index (χ0n) is 11.4. The topological polar surface area (TPSA) is 62.1 Å². The summed E-state index contributed by atoms with van der Waals surface area (Å²) in [5.74, 6) is -0.385. The second-order valence-electron chi connectivity index (χ2n) is 4.03. The van der Waals surface area contributed by atoms with Crippen molar-refractivity contribution in [3.63, 3.8) is 0 Å². The lowest BCUT2D eigenvalue weighted by Crippen LogP contribution is -2.26. The van der Waals surface area contributed by atoms with Crippen LogP contribution in [0, 0.1) is 11.3 Å². The largest absolute Gasteiger partial charge is 0.382 e. The van der Waals surface area contributed by atoms with Crippen molar-refractivity contribution in [2.75, 3.05) is 19.8 Å². The molecule has 0 saturated carbocycles. The summed E-state index contributed by atoms with van der Waals surface area (Å²) in [5.41, 5.74) is 0.780.